The van der Waals surface area contributed by atoms with Crippen molar-refractivity contribution < 1.29 is 18.0 Å². The zero-order valence-electron chi connectivity index (χ0n) is 14.5. The van der Waals surface area contributed by atoms with Gasteiger partial charge in [0.25, 0.3) is 0 Å². The van der Waals surface area contributed by atoms with Gasteiger partial charge in [-0.15, -0.1) is 10.2 Å². The summed E-state index contributed by atoms with van der Waals surface area (Å²) in [5.41, 5.74) is 1.08. The molecule has 1 N–H and O–H groups in total. The van der Waals surface area contributed by atoms with Gasteiger partial charge in [-0.2, -0.15) is 13.2 Å². The highest BCUT2D eigenvalue weighted by molar-refractivity contribution is 5.77. The van der Waals surface area contributed by atoms with Crippen molar-refractivity contribution in [2.45, 2.75) is 25.7 Å². The number of pyridine rings is 1. The number of carbonyl (C=O) groups excluding carboxylic acids is 1. The first-order valence-electron chi connectivity index (χ1n) is 8.49. The second-order valence-corrected chi connectivity index (χ2v) is 6.21. The van der Waals surface area contributed by atoms with E-state index in [0.29, 0.717) is 12.4 Å². The van der Waals surface area contributed by atoms with E-state index in [9.17, 15) is 18.0 Å². The molecule has 144 valence electrons. The molecule has 0 radical (unpaired) electrons. The maximum absolute atomic E-state index is 12.8. The minimum absolute atomic E-state index is 0.0655. The SMILES string of the molecule is O=C(CCn1cnc2ccccc21)NCc1nnc2cc(C(F)(F)F)ccn12. The topological polar surface area (TPSA) is 77.1 Å². The quantitative estimate of drug-likeness (QED) is 0.570. The number of rotatable bonds is 5. The third-order valence-corrected chi connectivity index (χ3v) is 4.36. The molecule has 0 fully saturated rings. The van der Waals surface area contributed by atoms with Crippen molar-refractivity contribution in [3.05, 3.63) is 60.3 Å². The summed E-state index contributed by atoms with van der Waals surface area (Å²) in [6, 6.07) is 9.49. The fraction of sp³-hybridized carbons (Fsp3) is 0.222. The van der Waals surface area contributed by atoms with E-state index < -0.39 is 11.7 Å². The van der Waals surface area contributed by atoms with E-state index in [0.717, 1.165) is 23.2 Å². The van der Waals surface area contributed by atoms with E-state index in [-0.39, 0.29) is 24.5 Å². The smallest absolute Gasteiger partial charge is 0.349 e. The van der Waals surface area contributed by atoms with Crippen LogP contribution in [0.4, 0.5) is 13.2 Å². The lowest BCUT2D eigenvalue weighted by atomic mass is 10.2. The largest absolute Gasteiger partial charge is 0.416 e. The number of halogens is 3. The normalized spacial score (nSPS) is 12.0. The molecular weight excluding hydrogens is 373 g/mol. The first-order chi connectivity index (χ1) is 13.4. The number of amides is 1. The van der Waals surface area contributed by atoms with Crippen LogP contribution in [0.25, 0.3) is 16.7 Å². The Morgan fingerprint density at radius 3 is 2.79 bits per heavy atom. The lowest BCUT2D eigenvalue weighted by molar-refractivity contribution is -0.137. The molecule has 0 bridgehead atoms. The maximum atomic E-state index is 12.8. The second-order valence-electron chi connectivity index (χ2n) is 6.21. The summed E-state index contributed by atoms with van der Waals surface area (Å²) in [7, 11) is 0. The second kappa shape index (κ2) is 6.95. The zero-order chi connectivity index (χ0) is 19.7. The predicted octanol–water partition coefficient (Wildman–Crippen LogP) is 2.80. The average Bonchev–Trinajstić information content (AvgIpc) is 3.27. The Labute approximate surface area is 156 Å². The van der Waals surface area contributed by atoms with Crippen molar-refractivity contribution in [1.82, 2.24) is 29.5 Å². The van der Waals surface area contributed by atoms with Gasteiger partial charge in [0.2, 0.25) is 5.91 Å². The van der Waals surface area contributed by atoms with E-state index in [1.807, 2.05) is 28.8 Å². The van der Waals surface area contributed by atoms with Crippen molar-refractivity contribution >= 4 is 22.6 Å². The summed E-state index contributed by atoms with van der Waals surface area (Å²) >= 11 is 0. The van der Waals surface area contributed by atoms with Crippen LogP contribution in [-0.4, -0.2) is 30.1 Å². The van der Waals surface area contributed by atoms with Crippen molar-refractivity contribution in [3.63, 3.8) is 0 Å². The fourth-order valence-electron chi connectivity index (χ4n) is 2.91. The molecule has 1 aromatic carbocycles. The van der Waals surface area contributed by atoms with Crippen molar-refractivity contribution in [2.24, 2.45) is 0 Å². The van der Waals surface area contributed by atoms with Crippen molar-refractivity contribution in [1.29, 1.82) is 0 Å². The highest BCUT2D eigenvalue weighted by atomic mass is 19.4. The zero-order valence-corrected chi connectivity index (χ0v) is 14.5. The van der Waals surface area contributed by atoms with Crippen LogP contribution in [0.15, 0.2) is 48.9 Å². The van der Waals surface area contributed by atoms with Gasteiger partial charge in [0, 0.05) is 19.2 Å². The number of aromatic nitrogens is 5. The summed E-state index contributed by atoms with van der Waals surface area (Å²) < 4.78 is 41.6. The molecule has 0 unspecified atom stereocenters. The Kier molecular flexibility index (Phi) is 4.46. The molecule has 0 aliphatic carbocycles. The van der Waals surface area contributed by atoms with Crippen LogP contribution in [0.3, 0.4) is 0 Å². The minimum Gasteiger partial charge on any atom is -0.349 e. The number of hydrogen-bond donors (Lipinski definition) is 1. The van der Waals surface area contributed by atoms with Gasteiger partial charge >= 0.3 is 6.18 Å². The Bertz CT molecular complexity index is 1150. The highest BCUT2D eigenvalue weighted by Gasteiger charge is 2.31. The van der Waals surface area contributed by atoms with Gasteiger partial charge in [0.05, 0.1) is 29.5 Å². The number of aryl methyl sites for hydroxylation is 1. The van der Waals surface area contributed by atoms with Crippen LogP contribution in [-0.2, 0) is 24.1 Å². The minimum atomic E-state index is -4.44. The molecular formula is C18H15F3N6O. The monoisotopic (exact) mass is 388 g/mol. The number of imidazole rings is 1. The van der Waals surface area contributed by atoms with E-state index in [4.69, 9.17) is 0 Å². The van der Waals surface area contributed by atoms with Gasteiger partial charge in [0.1, 0.15) is 0 Å². The molecule has 1 amide bonds. The average molecular weight is 388 g/mol. The number of carbonyl (C=O) groups is 1. The lowest BCUT2D eigenvalue weighted by Gasteiger charge is -2.08. The van der Waals surface area contributed by atoms with E-state index in [2.05, 4.69) is 20.5 Å². The first kappa shape index (κ1) is 18.0. The molecule has 10 heteroatoms. The van der Waals surface area contributed by atoms with Gasteiger partial charge in [-0.3, -0.25) is 9.20 Å². The molecule has 4 aromatic rings. The van der Waals surface area contributed by atoms with Crippen LogP contribution in [0, 0.1) is 0 Å². The summed E-state index contributed by atoms with van der Waals surface area (Å²) in [5.74, 6) is 0.145. The Morgan fingerprint density at radius 2 is 1.96 bits per heavy atom. The van der Waals surface area contributed by atoms with Gasteiger partial charge in [-0.1, -0.05) is 12.1 Å². The van der Waals surface area contributed by atoms with Crippen molar-refractivity contribution in [2.75, 3.05) is 0 Å². The molecule has 0 saturated heterocycles. The van der Waals surface area contributed by atoms with Gasteiger partial charge < -0.3 is 9.88 Å². The molecule has 0 aliphatic rings. The van der Waals surface area contributed by atoms with Crippen LogP contribution >= 0.6 is 0 Å². The summed E-state index contributed by atoms with van der Waals surface area (Å²) in [4.78, 5) is 16.4. The molecule has 0 aliphatic heterocycles. The molecule has 3 heterocycles. The number of nitrogens with zero attached hydrogens (tertiary/aromatic N) is 5. The van der Waals surface area contributed by atoms with Crippen LogP contribution < -0.4 is 5.32 Å². The van der Waals surface area contributed by atoms with Crippen LogP contribution in [0.1, 0.15) is 17.8 Å². The predicted molar refractivity (Wildman–Crippen MR) is 94.2 cm³/mol. The number of para-hydroxylation sites is 2. The third-order valence-electron chi connectivity index (χ3n) is 4.36. The number of hydrogen-bond acceptors (Lipinski definition) is 4. The summed E-state index contributed by atoms with van der Waals surface area (Å²) in [6.45, 7) is 0.526. The Balaban J connectivity index is 1.38. The maximum Gasteiger partial charge on any atom is 0.416 e. The van der Waals surface area contributed by atoms with E-state index in [1.165, 1.54) is 10.6 Å². The molecule has 7 nitrogen and oxygen atoms in total. The van der Waals surface area contributed by atoms with Crippen LogP contribution in [0.2, 0.25) is 0 Å². The summed E-state index contributed by atoms with van der Waals surface area (Å²) in [5, 5.41) is 10.3. The molecule has 3 aromatic heterocycles. The lowest BCUT2D eigenvalue weighted by Crippen LogP contribution is -2.25. The standard InChI is InChI=1S/C18H15F3N6O/c19-18(20,21)12-5-8-27-15(9-12)24-25-16(27)10-22-17(28)6-7-26-11-23-13-3-1-2-4-14(13)26/h1-5,8-9,11H,6-7,10H2,(H,22,28). The molecule has 28 heavy (non-hydrogen) atoms. The third kappa shape index (κ3) is 3.53. The molecule has 0 atom stereocenters. The number of benzene rings is 1. The number of fused-ring (bicyclic) bond motifs is 2. The Hall–Kier alpha value is -3.43. The fourth-order valence-corrected chi connectivity index (χ4v) is 2.91. The Morgan fingerprint density at radius 1 is 1.14 bits per heavy atom. The molecule has 4 rings (SSSR count). The van der Waals surface area contributed by atoms with Crippen LogP contribution in [0.5, 0.6) is 0 Å². The number of nitrogens with one attached hydrogen (secondary N) is 1. The number of alkyl halides is 3. The molecule has 0 spiro atoms. The first-order valence-corrected chi connectivity index (χ1v) is 8.49. The van der Waals surface area contributed by atoms with Gasteiger partial charge in [-0.25, -0.2) is 4.98 Å². The molecule has 0 saturated carbocycles. The summed E-state index contributed by atoms with van der Waals surface area (Å²) in [6.07, 6.45) is -1.28. The highest BCUT2D eigenvalue weighted by Crippen LogP contribution is 2.29. The van der Waals surface area contributed by atoms with E-state index >= 15 is 0 Å². The van der Waals surface area contributed by atoms with Gasteiger partial charge in [0.15, 0.2) is 11.5 Å². The van der Waals surface area contributed by atoms with E-state index in [1.54, 1.807) is 6.33 Å². The van der Waals surface area contributed by atoms with Gasteiger partial charge in [-0.05, 0) is 24.3 Å². The van der Waals surface area contributed by atoms with Crippen molar-refractivity contribution in [3.8, 4) is 0 Å².